The Morgan fingerprint density at radius 1 is 0.287 bits per heavy atom. The molecule has 7 aromatic carbocycles. The molecule has 0 aliphatic carbocycles. The van der Waals surface area contributed by atoms with Gasteiger partial charge in [-0.05, 0) is 181 Å². The van der Waals surface area contributed by atoms with E-state index in [0.29, 0.717) is 22.3 Å². The quantitative estimate of drug-likeness (QED) is 0.0147. The molecule has 0 radical (unpaired) electrons. The van der Waals surface area contributed by atoms with Gasteiger partial charge in [0.25, 0.3) is 11.8 Å². The van der Waals surface area contributed by atoms with E-state index in [4.69, 9.17) is 23.7 Å². The maximum absolute atomic E-state index is 14.6. The van der Waals surface area contributed by atoms with Crippen LogP contribution in [0.15, 0.2) is 176 Å². The summed E-state index contributed by atoms with van der Waals surface area (Å²) in [7, 11) is 0. The van der Waals surface area contributed by atoms with Gasteiger partial charge in [0.05, 0.1) is 12.2 Å². The maximum Gasteiger partial charge on any atom is 0.408 e. The lowest BCUT2D eigenvalue weighted by Gasteiger charge is -2.24. The lowest BCUT2D eigenvalue weighted by Crippen LogP contribution is -2.47. The topological polar surface area (TPSA) is 412 Å². The van der Waals surface area contributed by atoms with Crippen molar-refractivity contribution < 1.29 is 86.0 Å². The second-order valence-corrected chi connectivity index (χ2v) is 31.0. The van der Waals surface area contributed by atoms with Crippen molar-refractivity contribution >= 4 is 112 Å². The molecule has 12 N–H and O–H groups in total. The van der Waals surface area contributed by atoms with Crippen LogP contribution in [-0.2, 0) is 78.1 Å². The van der Waals surface area contributed by atoms with Gasteiger partial charge in [-0.2, -0.15) is 0 Å². The average molecular weight is 1580 g/mol. The van der Waals surface area contributed by atoms with Crippen molar-refractivity contribution in [1.82, 2.24) is 31.9 Å². The Labute approximate surface area is 668 Å². The highest BCUT2D eigenvalue weighted by Crippen LogP contribution is 2.27. The molecule has 30 nitrogen and oxygen atoms in total. The predicted molar refractivity (Wildman–Crippen MR) is 434 cm³/mol. The molecule has 0 bridgehead atoms. The summed E-state index contributed by atoms with van der Waals surface area (Å²) in [4.78, 5) is 182. The van der Waals surface area contributed by atoms with Gasteiger partial charge in [-0.25, -0.2) is 24.0 Å². The minimum absolute atomic E-state index is 0.0179. The molecule has 7 rings (SSSR count). The molecule has 610 valence electrons. The Bertz CT molecular complexity index is 4140. The summed E-state index contributed by atoms with van der Waals surface area (Å²) in [6, 6.07) is 38.7. The van der Waals surface area contributed by atoms with Crippen molar-refractivity contribution in [3.8, 4) is 0 Å². The van der Waals surface area contributed by atoms with Gasteiger partial charge >= 0.3 is 30.3 Å². The van der Waals surface area contributed by atoms with Gasteiger partial charge < -0.3 is 87.5 Å². The number of hydrogen-bond donors (Lipinski definition) is 12. The number of esters is 1. The molecule has 0 saturated carbocycles. The summed E-state index contributed by atoms with van der Waals surface area (Å²) < 4.78 is 27.3. The molecular formula is C85H102N12O18. The Hall–Kier alpha value is -13.2. The Balaban J connectivity index is 1.15. The number of rotatable bonds is 30. The summed E-state index contributed by atoms with van der Waals surface area (Å²) >= 11 is 0. The van der Waals surface area contributed by atoms with Gasteiger partial charge in [0.2, 0.25) is 35.4 Å². The molecule has 0 saturated heterocycles. The van der Waals surface area contributed by atoms with Crippen LogP contribution in [0.4, 0.5) is 53.3 Å². The van der Waals surface area contributed by atoms with Gasteiger partial charge in [0, 0.05) is 70.9 Å². The van der Waals surface area contributed by atoms with Gasteiger partial charge in [-0.1, -0.05) is 121 Å². The van der Waals surface area contributed by atoms with Crippen molar-refractivity contribution in [2.45, 2.75) is 188 Å². The van der Waals surface area contributed by atoms with Gasteiger partial charge in [-0.15, -0.1) is 0 Å². The van der Waals surface area contributed by atoms with E-state index in [-0.39, 0.29) is 83.1 Å². The third kappa shape index (κ3) is 31.2. The van der Waals surface area contributed by atoms with Crippen LogP contribution in [0.2, 0.25) is 0 Å². The van der Waals surface area contributed by atoms with Crippen LogP contribution in [0.5, 0.6) is 0 Å². The first kappa shape index (κ1) is 89.1. The van der Waals surface area contributed by atoms with E-state index in [1.54, 1.807) is 211 Å². The summed E-state index contributed by atoms with van der Waals surface area (Å²) in [5.74, 6) is -7.52. The zero-order valence-corrected chi connectivity index (χ0v) is 67.1. The summed E-state index contributed by atoms with van der Waals surface area (Å²) in [5, 5.41) is 32.0. The highest BCUT2D eigenvalue weighted by Gasteiger charge is 2.32. The number of carbonyl (C=O) groups is 13. The van der Waals surface area contributed by atoms with Crippen LogP contribution in [0.3, 0.4) is 0 Å². The molecule has 0 unspecified atom stereocenters. The molecule has 0 spiro atoms. The van der Waals surface area contributed by atoms with E-state index in [0.717, 1.165) is 0 Å². The zero-order chi connectivity index (χ0) is 84.5. The summed E-state index contributed by atoms with van der Waals surface area (Å²) in [6.45, 7) is 24.0. The number of hydrogen-bond acceptors (Lipinski definition) is 18. The molecule has 12 amide bonds. The Kier molecular flexibility index (Phi) is 31.3. The molecule has 115 heavy (non-hydrogen) atoms. The van der Waals surface area contributed by atoms with Crippen molar-refractivity contribution in [1.29, 1.82) is 0 Å². The van der Waals surface area contributed by atoms with E-state index in [1.807, 2.05) is 0 Å². The van der Waals surface area contributed by atoms with E-state index < -0.39 is 136 Å². The first-order valence-electron chi connectivity index (χ1n) is 37.2. The average Bonchev–Trinajstić information content (AvgIpc) is 0.828. The van der Waals surface area contributed by atoms with Crippen LogP contribution in [-0.4, -0.2) is 143 Å². The molecule has 6 atom stereocenters. The van der Waals surface area contributed by atoms with E-state index in [1.165, 1.54) is 68.4 Å². The molecule has 7 aromatic rings. The van der Waals surface area contributed by atoms with Gasteiger partial charge in [0.1, 0.15) is 58.7 Å². The first-order valence-corrected chi connectivity index (χ1v) is 37.2. The van der Waals surface area contributed by atoms with Gasteiger partial charge in [0.15, 0.2) is 0 Å². The number of nitrogens with one attached hydrogen (secondary N) is 12. The maximum atomic E-state index is 14.6. The summed E-state index contributed by atoms with van der Waals surface area (Å²) in [6.07, 6.45) is -3.68. The third-order valence-corrected chi connectivity index (χ3v) is 16.1. The second kappa shape index (κ2) is 40.4. The molecule has 0 fully saturated rings. The van der Waals surface area contributed by atoms with Gasteiger partial charge in [-0.3, -0.25) is 38.4 Å². The standard InChI is InChI=1S/C85H102N12O18/c1-16-111-77(106)58-45-63(88-69(98)50(2)86-71(100)56-41-59(90-73(102)65(37-52-29-21-17-22-30-52)94-78(107)112-82(4,5)6)47-60(42-56)91-74(103)66(38-53-31-23-18-24-32-53)95-79(108)113-83(7,8)9)49-64(46-58)89-70(99)51(3)87-72(101)57-43-61(92-75(104)67(39-54-33-25-19-26-34-54)96-80(109)114-84(10,11)12)48-62(44-57)93-76(105)68(40-55-35-27-20-28-36-55)97-81(110)115-85(13,14)15/h17-36,41-51,65-68H,16,37-40H2,1-15H3,(H,86,100)(H,87,101)(H,88,98)(H,89,99)(H,90,102)(H,91,103)(H,92,104)(H,93,105)(H,94,107)(H,95,108)(H,96,109)(H,97,110)/t50-,51-,65-,66-,67-,68-/m0/s1. The lowest BCUT2D eigenvalue weighted by molar-refractivity contribution is -0.118. The smallest absolute Gasteiger partial charge is 0.408 e. The Morgan fingerprint density at radius 2 is 0.496 bits per heavy atom. The third-order valence-electron chi connectivity index (χ3n) is 16.1. The fourth-order valence-electron chi connectivity index (χ4n) is 11.1. The number of ether oxygens (including phenoxy) is 5. The molecule has 0 heterocycles. The summed E-state index contributed by atoms with van der Waals surface area (Å²) in [5.41, 5.74) is -2.20. The molecule has 30 heteroatoms. The van der Waals surface area contributed by atoms with E-state index in [9.17, 15) is 62.3 Å². The van der Waals surface area contributed by atoms with Crippen molar-refractivity contribution in [2.24, 2.45) is 0 Å². The van der Waals surface area contributed by atoms with Crippen LogP contribution in [0.1, 0.15) is 157 Å². The number of anilines is 6. The molecule has 0 aliphatic heterocycles. The van der Waals surface area contributed by atoms with Crippen LogP contribution < -0.4 is 63.8 Å². The van der Waals surface area contributed by atoms with E-state index >= 15 is 0 Å². The molecule has 0 aromatic heterocycles. The van der Waals surface area contributed by atoms with Crippen molar-refractivity contribution in [3.05, 3.63) is 215 Å². The SMILES string of the molecule is CCOC(=O)c1cc(NC(=O)[C@H](C)NC(=O)c2cc(NC(=O)[C@H](Cc3ccccc3)NC(=O)OC(C)(C)C)cc(NC(=O)[C@H](Cc3ccccc3)NC(=O)OC(C)(C)C)c2)cc(NC(=O)[C@H](C)NC(=O)c2cc(NC(=O)[C@H](Cc3ccccc3)NC(=O)OC(C)(C)C)cc(NC(=O)[C@H](Cc3ccccc3)NC(=O)OC(C)(C)C)c2)c1. The fourth-order valence-corrected chi connectivity index (χ4v) is 11.1. The minimum atomic E-state index is -1.42. The largest absolute Gasteiger partial charge is 0.462 e. The lowest BCUT2D eigenvalue weighted by atomic mass is 10.0. The number of alkyl carbamates (subject to hydrolysis) is 4. The highest BCUT2D eigenvalue weighted by atomic mass is 16.6. The Morgan fingerprint density at radius 3 is 0.704 bits per heavy atom. The first-order chi connectivity index (χ1) is 54.0. The predicted octanol–water partition coefficient (Wildman–Crippen LogP) is 11.7. The van der Waals surface area contributed by atoms with Crippen LogP contribution in [0, 0.1) is 0 Å². The van der Waals surface area contributed by atoms with E-state index in [2.05, 4.69) is 63.8 Å². The number of benzene rings is 7. The molecule has 0 aliphatic rings. The van der Waals surface area contributed by atoms with Crippen LogP contribution in [0.25, 0.3) is 0 Å². The highest BCUT2D eigenvalue weighted by molar-refractivity contribution is 6.08. The van der Waals surface area contributed by atoms with Crippen LogP contribution >= 0.6 is 0 Å². The van der Waals surface area contributed by atoms with Crippen molar-refractivity contribution in [2.75, 3.05) is 38.5 Å². The zero-order valence-electron chi connectivity index (χ0n) is 67.1. The monoisotopic (exact) mass is 1580 g/mol. The normalized spacial score (nSPS) is 12.9. The van der Waals surface area contributed by atoms with Crippen molar-refractivity contribution in [3.63, 3.8) is 0 Å². The number of carbonyl (C=O) groups excluding carboxylic acids is 13. The minimum Gasteiger partial charge on any atom is -0.462 e. The fraction of sp³-hybridized carbons (Fsp3) is 0.353. The second-order valence-electron chi connectivity index (χ2n) is 31.0. The number of amides is 12. The molecular weight excluding hydrogens is 1480 g/mol.